The zero-order valence-corrected chi connectivity index (χ0v) is 16.6. The van der Waals surface area contributed by atoms with Crippen molar-refractivity contribution in [3.63, 3.8) is 0 Å². The van der Waals surface area contributed by atoms with Gasteiger partial charge in [0.15, 0.2) is 0 Å². The second-order valence-corrected chi connectivity index (χ2v) is 10.9. The fraction of sp³-hybridized carbons (Fsp3) is 0.588. The normalized spacial score (nSPS) is 23.2. The van der Waals surface area contributed by atoms with Crippen molar-refractivity contribution in [2.75, 3.05) is 26.2 Å². The first kappa shape index (κ1) is 20.2. The van der Waals surface area contributed by atoms with E-state index in [-0.39, 0.29) is 22.9 Å². The zero-order valence-electron chi connectivity index (χ0n) is 15.0. The van der Waals surface area contributed by atoms with Gasteiger partial charge in [-0.3, -0.25) is 4.79 Å². The Bertz CT molecular complexity index is 890. The van der Waals surface area contributed by atoms with Crippen molar-refractivity contribution < 1.29 is 26.7 Å². The van der Waals surface area contributed by atoms with Crippen LogP contribution in [-0.4, -0.2) is 62.7 Å². The van der Waals surface area contributed by atoms with E-state index >= 15 is 0 Å². The summed E-state index contributed by atoms with van der Waals surface area (Å²) < 4.78 is 53.5. The van der Waals surface area contributed by atoms with Gasteiger partial charge in [-0.1, -0.05) is 6.42 Å². The molecule has 1 atom stereocenters. The van der Waals surface area contributed by atoms with Crippen molar-refractivity contribution in [2.45, 2.75) is 41.9 Å². The van der Waals surface area contributed by atoms with Crippen LogP contribution in [0.4, 0.5) is 0 Å². The van der Waals surface area contributed by atoms with Crippen LogP contribution in [-0.2, 0) is 24.8 Å². The van der Waals surface area contributed by atoms with Crippen LogP contribution in [0.2, 0.25) is 0 Å². The lowest BCUT2D eigenvalue weighted by Crippen LogP contribution is -2.42. The molecule has 2 heterocycles. The van der Waals surface area contributed by atoms with Crippen LogP contribution >= 0.6 is 0 Å². The number of sulfonamides is 2. The van der Waals surface area contributed by atoms with Gasteiger partial charge < -0.3 is 5.11 Å². The van der Waals surface area contributed by atoms with Gasteiger partial charge >= 0.3 is 5.97 Å². The molecule has 10 heteroatoms. The highest BCUT2D eigenvalue weighted by Gasteiger charge is 2.33. The molecule has 2 fully saturated rings. The molecule has 0 aliphatic carbocycles. The Morgan fingerprint density at radius 3 is 1.81 bits per heavy atom. The third kappa shape index (κ3) is 4.18. The van der Waals surface area contributed by atoms with E-state index in [0.29, 0.717) is 25.9 Å². The lowest BCUT2D eigenvalue weighted by atomic mass is 10.0. The van der Waals surface area contributed by atoms with Gasteiger partial charge in [0.05, 0.1) is 15.7 Å². The van der Waals surface area contributed by atoms with Gasteiger partial charge in [0, 0.05) is 26.2 Å². The van der Waals surface area contributed by atoms with Gasteiger partial charge in [0.1, 0.15) is 0 Å². The number of benzene rings is 1. The van der Waals surface area contributed by atoms with Crippen LogP contribution < -0.4 is 0 Å². The summed E-state index contributed by atoms with van der Waals surface area (Å²) in [7, 11) is -7.48. The molecule has 1 aromatic carbocycles. The van der Waals surface area contributed by atoms with Gasteiger partial charge in [0.2, 0.25) is 20.0 Å². The minimum atomic E-state index is -3.85. The van der Waals surface area contributed by atoms with Crippen molar-refractivity contribution in [3.8, 4) is 0 Å². The summed E-state index contributed by atoms with van der Waals surface area (Å²) in [5, 5.41) is 9.15. The van der Waals surface area contributed by atoms with Crippen molar-refractivity contribution >= 4 is 26.0 Å². The molecule has 8 nitrogen and oxygen atoms in total. The van der Waals surface area contributed by atoms with E-state index in [2.05, 4.69) is 0 Å². The number of carbonyl (C=O) groups is 1. The molecular formula is C17H24N2O6S2. The topological polar surface area (TPSA) is 112 Å². The molecule has 0 aromatic heterocycles. The molecule has 0 unspecified atom stereocenters. The summed E-state index contributed by atoms with van der Waals surface area (Å²) in [5.74, 6) is -1.72. The molecular weight excluding hydrogens is 392 g/mol. The Hall–Kier alpha value is -1.49. The maximum absolute atomic E-state index is 12.8. The number of aliphatic carboxylic acids is 1. The molecule has 0 radical (unpaired) electrons. The van der Waals surface area contributed by atoms with E-state index < -0.39 is 31.9 Å². The van der Waals surface area contributed by atoms with Crippen LogP contribution in [0.25, 0.3) is 0 Å². The van der Waals surface area contributed by atoms with E-state index in [4.69, 9.17) is 5.11 Å². The van der Waals surface area contributed by atoms with Gasteiger partial charge in [-0.25, -0.2) is 16.8 Å². The van der Waals surface area contributed by atoms with Crippen LogP contribution in [0.15, 0.2) is 34.1 Å². The van der Waals surface area contributed by atoms with Gasteiger partial charge in [-0.2, -0.15) is 8.61 Å². The summed E-state index contributed by atoms with van der Waals surface area (Å²) in [6, 6.07) is 5.21. The number of nitrogens with zero attached hydrogens (tertiary/aromatic N) is 2. The van der Waals surface area contributed by atoms with Crippen LogP contribution in [0.1, 0.15) is 32.1 Å². The molecule has 2 aliphatic rings. The van der Waals surface area contributed by atoms with E-state index in [1.54, 1.807) is 0 Å². The second kappa shape index (κ2) is 7.86. The summed E-state index contributed by atoms with van der Waals surface area (Å²) in [4.78, 5) is 11.2. The summed E-state index contributed by atoms with van der Waals surface area (Å²) in [6.07, 6.45) is 3.60. The van der Waals surface area contributed by atoms with Crippen molar-refractivity contribution in [1.82, 2.24) is 8.61 Å². The van der Waals surface area contributed by atoms with E-state index in [0.717, 1.165) is 19.3 Å². The fourth-order valence-corrected chi connectivity index (χ4v) is 6.59. The largest absolute Gasteiger partial charge is 0.481 e. The van der Waals surface area contributed by atoms with Gasteiger partial charge in [0.25, 0.3) is 0 Å². The summed E-state index contributed by atoms with van der Waals surface area (Å²) in [6.45, 7) is 1.16. The van der Waals surface area contributed by atoms with Crippen LogP contribution in [0, 0.1) is 5.92 Å². The summed E-state index contributed by atoms with van der Waals surface area (Å²) >= 11 is 0. The lowest BCUT2D eigenvalue weighted by Gasteiger charge is -2.30. The molecule has 1 N–H and O–H groups in total. The molecule has 0 saturated carbocycles. The number of piperidine rings is 2. The highest BCUT2D eigenvalue weighted by atomic mass is 32.2. The number of rotatable bonds is 5. The number of hydrogen-bond donors (Lipinski definition) is 1. The molecule has 150 valence electrons. The quantitative estimate of drug-likeness (QED) is 0.775. The van der Waals surface area contributed by atoms with Crippen LogP contribution in [0.3, 0.4) is 0 Å². The predicted molar refractivity (Wildman–Crippen MR) is 98.2 cm³/mol. The highest BCUT2D eigenvalue weighted by molar-refractivity contribution is 7.89. The highest BCUT2D eigenvalue weighted by Crippen LogP contribution is 2.26. The minimum absolute atomic E-state index is 0.0221. The predicted octanol–water partition coefficient (Wildman–Crippen LogP) is 1.35. The summed E-state index contributed by atoms with van der Waals surface area (Å²) in [5.41, 5.74) is 0. The smallest absolute Gasteiger partial charge is 0.307 e. The van der Waals surface area contributed by atoms with Crippen molar-refractivity contribution in [1.29, 1.82) is 0 Å². The number of hydrogen-bond acceptors (Lipinski definition) is 5. The fourth-order valence-electron chi connectivity index (χ4n) is 3.55. The Balaban J connectivity index is 1.81. The van der Waals surface area contributed by atoms with Gasteiger partial charge in [-0.15, -0.1) is 0 Å². The molecule has 27 heavy (non-hydrogen) atoms. The van der Waals surface area contributed by atoms with Crippen molar-refractivity contribution in [3.05, 3.63) is 24.3 Å². The minimum Gasteiger partial charge on any atom is -0.481 e. The van der Waals surface area contributed by atoms with E-state index in [9.17, 15) is 21.6 Å². The molecule has 0 bridgehead atoms. The third-order valence-electron chi connectivity index (χ3n) is 5.15. The number of carboxylic acids is 1. The van der Waals surface area contributed by atoms with E-state index in [1.807, 2.05) is 0 Å². The first-order valence-electron chi connectivity index (χ1n) is 9.06. The maximum atomic E-state index is 12.8. The maximum Gasteiger partial charge on any atom is 0.307 e. The Morgan fingerprint density at radius 1 is 0.815 bits per heavy atom. The lowest BCUT2D eigenvalue weighted by molar-refractivity contribution is -0.142. The monoisotopic (exact) mass is 416 g/mol. The first-order valence-corrected chi connectivity index (χ1v) is 11.9. The van der Waals surface area contributed by atoms with Crippen molar-refractivity contribution in [2.24, 2.45) is 5.92 Å². The molecule has 3 rings (SSSR count). The molecule has 2 aliphatic heterocycles. The van der Waals surface area contributed by atoms with E-state index in [1.165, 1.54) is 32.9 Å². The molecule has 0 amide bonds. The third-order valence-corrected chi connectivity index (χ3v) is 8.94. The SMILES string of the molecule is O=C(O)[C@@H]1CCCN(S(=O)(=O)c2ccc(S(=O)(=O)N3CCCCC3)cc2)C1. The average Bonchev–Trinajstić information content (AvgIpc) is 2.69. The second-order valence-electron chi connectivity index (χ2n) is 6.98. The van der Waals surface area contributed by atoms with Crippen LogP contribution in [0.5, 0.6) is 0 Å². The standard InChI is InChI=1S/C17H24N2O6S2/c20-17(21)14-5-4-12-19(13-14)27(24,25)16-8-6-15(7-9-16)26(22,23)18-10-2-1-3-11-18/h6-9,14H,1-5,10-13H2,(H,20,21)/t14-/m1/s1. The van der Waals surface area contributed by atoms with Gasteiger partial charge in [-0.05, 0) is 49.9 Å². The average molecular weight is 417 g/mol. The Labute approximate surface area is 159 Å². The molecule has 1 aromatic rings. The Morgan fingerprint density at radius 2 is 1.30 bits per heavy atom. The zero-order chi connectivity index (χ0) is 19.7. The molecule has 0 spiro atoms. The number of carboxylic acid groups (broad SMARTS) is 1. The molecule has 2 saturated heterocycles. The first-order chi connectivity index (χ1) is 12.7. The Kier molecular flexibility index (Phi) is 5.90.